The standard InChI is InChI=1S/C17H16Cl3NO5/c1-16(2,3)25-15(22)12-13(11-9(19)4-8(18)5-10(11)20)21-26-14(12)17(23)6-24-7-17/h4-5,23H,6-7H2,1-3H3. The molecular weight excluding hydrogens is 405 g/mol. The predicted molar refractivity (Wildman–Crippen MR) is 96.9 cm³/mol. The molecule has 0 atom stereocenters. The molecule has 1 aromatic carbocycles. The largest absolute Gasteiger partial charge is 0.456 e. The van der Waals surface area contributed by atoms with Crippen molar-refractivity contribution in [3.8, 4) is 11.3 Å². The minimum atomic E-state index is -1.47. The molecule has 140 valence electrons. The summed E-state index contributed by atoms with van der Waals surface area (Å²) in [5.41, 5.74) is -1.95. The highest BCUT2D eigenvalue weighted by Gasteiger charge is 2.47. The lowest BCUT2D eigenvalue weighted by atomic mass is 9.93. The molecule has 1 aliphatic heterocycles. The van der Waals surface area contributed by atoms with Crippen LogP contribution in [0.15, 0.2) is 16.7 Å². The van der Waals surface area contributed by atoms with Crippen LogP contribution in [0.5, 0.6) is 0 Å². The average molecular weight is 421 g/mol. The highest BCUT2D eigenvalue weighted by molar-refractivity contribution is 6.42. The monoisotopic (exact) mass is 419 g/mol. The highest BCUT2D eigenvalue weighted by atomic mass is 35.5. The highest BCUT2D eigenvalue weighted by Crippen LogP contribution is 2.42. The van der Waals surface area contributed by atoms with Gasteiger partial charge >= 0.3 is 5.97 Å². The number of esters is 1. The van der Waals surface area contributed by atoms with Crippen molar-refractivity contribution in [2.45, 2.75) is 32.0 Å². The molecule has 9 heteroatoms. The fourth-order valence-electron chi connectivity index (χ4n) is 2.49. The van der Waals surface area contributed by atoms with Crippen LogP contribution in [-0.2, 0) is 15.1 Å². The molecule has 6 nitrogen and oxygen atoms in total. The summed E-state index contributed by atoms with van der Waals surface area (Å²) < 4.78 is 15.8. The number of aromatic nitrogens is 1. The van der Waals surface area contributed by atoms with Crippen molar-refractivity contribution in [3.05, 3.63) is 38.5 Å². The van der Waals surface area contributed by atoms with Crippen molar-refractivity contribution < 1.29 is 23.9 Å². The van der Waals surface area contributed by atoms with Crippen LogP contribution in [0, 0.1) is 0 Å². The molecule has 0 aliphatic carbocycles. The van der Waals surface area contributed by atoms with Crippen molar-refractivity contribution in [1.29, 1.82) is 0 Å². The molecule has 2 heterocycles. The number of ether oxygens (including phenoxy) is 2. The molecule has 0 radical (unpaired) electrons. The van der Waals surface area contributed by atoms with Gasteiger partial charge in [-0.25, -0.2) is 4.79 Å². The van der Waals surface area contributed by atoms with Gasteiger partial charge in [0.15, 0.2) is 11.4 Å². The molecule has 1 aromatic heterocycles. The molecule has 1 aliphatic rings. The van der Waals surface area contributed by atoms with Crippen LogP contribution in [-0.4, -0.2) is 35.0 Å². The number of hydrogen-bond donors (Lipinski definition) is 1. The third kappa shape index (κ3) is 3.57. The average Bonchev–Trinajstić information content (AvgIpc) is 2.86. The van der Waals surface area contributed by atoms with Crippen LogP contribution >= 0.6 is 34.8 Å². The number of carbonyl (C=O) groups is 1. The lowest BCUT2D eigenvalue weighted by Crippen LogP contribution is -2.47. The third-order valence-corrected chi connectivity index (χ3v) is 4.46. The zero-order valence-corrected chi connectivity index (χ0v) is 16.5. The summed E-state index contributed by atoms with van der Waals surface area (Å²) in [6.45, 7) is 5.11. The topological polar surface area (TPSA) is 81.8 Å². The maximum absolute atomic E-state index is 12.8. The summed E-state index contributed by atoms with van der Waals surface area (Å²) in [4.78, 5) is 12.8. The molecule has 0 unspecified atom stereocenters. The number of benzene rings is 1. The van der Waals surface area contributed by atoms with Crippen LogP contribution < -0.4 is 0 Å². The fourth-order valence-corrected chi connectivity index (χ4v) is 3.49. The van der Waals surface area contributed by atoms with Gasteiger partial charge in [0.2, 0.25) is 0 Å². The minimum absolute atomic E-state index is 0.0283. The zero-order chi connectivity index (χ0) is 19.3. The van der Waals surface area contributed by atoms with E-state index in [2.05, 4.69) is 5.16 Å². The Morgan fingerprint density at radius 2 is 1.81 bits per heavy atom. The van der Waals surface area contributed by atoms with Crippen molar-refractivity contribution in [2.75, 3.05) is 13.2 Å². The van der Waals surface area contributed by atoms with Gasteiger partial charge in [0.1, 0.15) is 16.9 Å². The van der Waals surface area contributed by atoms with Crippen LogP contribution in [0.1, 0.15) is 36.9 Å². The Morgan fingerprint density at radius 1 is 1.23 bits per heavy atom. The number of rotatable bonds is 3. The molecule has 0 bridgehead atoms. The Labute approximate surface area is 164 Å². The van der Waals surface area contributed by atoms with Gasteiger partial charge in [0.05, 0.1) is 23.3 Å². The second kappa shape index (κ2) is 6.69. The summed E-state index contributed by atoms with van der Waals surface area (Å²) in [6, 6.07) is 2.94. The van der Waals surface area contributed by atoms with Gasteiger partial charge in [-0.05, 0) is 32.9 Å². The normalized spacial score (nSPS) is 16.3. The van der Waals surface area contributed by atoms with Crippen molar-refractivity contribution >= 4 is 40.8 Å². The molecule has 26 heavy (non-hydrogen) atoms. The minimum Gasteiger partial charge on any atom is -0.456 e. The fraction of sp³-hybridized carbons (Fsp3) is 0.412. The van der Waals surface area contributed by atoms with Crippen LogP contribution in [0.25, 0.3) is 11.3 Å². The number of aliphatic hydroxyl groups is 1. The van der Waals surface area contributed by atoms with Gasteiger partial charge in [-0.2, -0.15) is 0 Å². The van der Waals surface area contributed by atoms with Crippen LogP contribution in [0.3, 0.4) is 0 Å². The van der Waals surface area contributed by atoms with Gasteiger partial charge in [-0.15, -0.1) is 0 Å². The summed E-state index contributed by atoms with van der Waals surface area (Å²) in [5.74, 6) is -0.763. The molecular formula is C17H16Cl3NO5. The maximum atomic E-state index is 12.8. The molecule has 0 amide bonds. The van der Waals surface area contributed by atoms with Crippen molar-refractivity contribution in [1.82, 2.24) is 5.16 Å². The number of carbonyl (C=O) groups excluding carboxylic acids is 1. The Bertz CT molecular complexity index is 845. The molecule has 1 N–H and O–H groups in total. The van der Waals surface area contributed by atoms with E-state index < -0.39 is 17.2 Å². The Hall–Kier alpha value is -1.31. The Morgan fingerprint density at radius 3 is 2.27 bits per heavy atom. The SMILES string of the molecule is CC(C)(C)OC(=O)c1c(-c2c(Cl)cc(Cl)cc2Cl)noc1C1(O)COC1. The second-order valence-electron chi connectivity index (χ2n) is 7.01. The second-order valence-corrected chi connectivity index (χ2v) is 8.26. The lowest BCUT2D eigenvalue weighted by molar-refractivity contribution is -0.195. The van der Waals surface area contributed by atoms with E-state index in [1.807, 2.05) is 0 Å². The summed E-state index contributed by atoms with van der Waals surface area (Å²) in [7, 11) is 0. The van der Waals surface area contributed by atoms with E-state index >= 15 is 0 Å². The maximum Gasteiger partial charge on any atom is 0.344 e. The first-order chi connectivity index (χ1) is 12.0. The molecule has 0 saturated carbocycles. The van der Waals surface area contributed by atoms with E-state index in [1.165, 1.54) is 12.1 Å². The zero-order valence-electron chi connectivity index (χ0n) is 14.2. The Balaban J connectivity index is 2.19. The first-order valence-corrected chi connectivity index (χ1v) is 8.84. The summed E-state index contributed by atoms with van der Waals surface area (Å²) in [5, 5.41) is 15.2. The molecule has 1 fully saturated rings. The van der Waals surface area contributed by atoms with Crippen LogP contribution in [0.4, 0.5) is 0 Å². The number of nitrogens with zero attached hydrogens (tertiary/aromatic N) is 1. The van der Waals surface area contributed by atoms with Gasteiger partial charge in [-0.1, -0.05) is 40.0 Å². The quantitative estimate of drug-likeness (QED) is 0.738. The molecule has 2 aromatic rings. The smallest absolute Gasteiger partial charge is 0.344 e. The summed E-state index contributed by atoms with van der Waals surface area (Å²) in [6.07, 6.45) is 0. The third-order valence-electron chi connectivity index (χ3n) is 3.64. The van der Waals surface area contributed by atoms with Crippen LogP contribution in [0.2, 0.25) is 15.1 Å². The Kier molecular flexibility index (Phi) is 5.01. The van der Waals surface area contributed by atoms with Gasteiger partial charge < -0.3 is 19.1 Å². The van der Waals surface area contributed by atoms with E-state index in [4.69, 9.17) is 48.8 Å². The van der Waals surface area contributed by atoms with Gasteiger partial charge in [0.25, 0.3) is 0 Å². The van der Waals surface area contributed by atoms with Crippen molar-refractivity contribution in [3.63, 3.8) is 0 Å². The lowest BCUT2D eigenvalue weighted by Gasteiger charge is -2.34. The number of halogens is 3. The predicted octanol–water partition coefficient (Wildman–Crippen LogP) is 4.47. The summed E-state index contributed by atoms with van der Waals surface area (Å²) >= 11 is 18.5. The first kappa shape index (κ1) is 19.5. The van der Waals surface area contributed by atoms with E-state index in [9.17, 15) is 9.90 Å². The van der Waals surface area contributed by atoms with E-state index in [0.717, 1.165) is 0 Å². The molecule has 0 spiro atoms. The molecule has 3 rings (SSSR count). The van der Waals surface area contributed by atoms with E-state index in [1.54, 1.807) is 20.8 Å². The van der Waals surface area contributed by atoms with E-state index in [0.29, 0.717) is 5.02 Å². The van der Waals surface area contributed by atoms with Gasteiger partial charge in [0, 0.05) is 10.6 Å². The van der Waals surface area contributed by atoms with E-state index in [-0.39, 0.29) is 45.8 Å². The van der Waals surface area contributed by atoms with Gasteiger partial charge in [-0.3, -0.25) is 0 Å². The first-order valence-electron chi connectivity index (χ1n) is 7.70. The van der Waals surface area contributed by atoms with Crippen molar-refractivity contribution in [2.24, 2.45) is 0 Å². The molecule has 1 saturated heterocycles. The number of hydrogen-bond acceptors (Lipinski definition) is 6.